The summed E-state index contributed by atoms with van der Waals surface area (Å²) in [7, 11) is 1.08. The summed E-state index contributed by atoms with van der Waals surface area (Å²) in [6.45, 7) is 6.57. The van der Waals surface area contributed by atoms with Crippen molar-refractivity contribution in [3.8, 4) is 0 Å². The SMILES string of the molecule is CCCCN(N)CCCPC. The predicted molar refractivity (Wildman–Crippen MR) is 54.4 cm³/mol. The van der Waals surface area contributed by atoms with Crippen LogP contribution in [0.5, 0.6) is 0 Å². The lowest BCUT2D eigenvalue weighted by Crippen LogP contribution is -2.33. The number of unbranched alkanes of at least 4 members (excludes halogenated alkanes) is 1. The average Bonchev–Trinajstić information content (AvgIpc) is 2.01. The highest BCUT2D eigenvalue weighted by Crippen LogP contribution is 2.03. The van der Waals surface area contributed by atoms with E-state index >= 15 is 0 Å². The highest BCUT2D eigenvalue weighted by molar-refractivity contribution is 7.36. The van der Waals surface area contributed by atoms with E-state index in [4.69, 9.17) is 5.84 Å². The molecule has 0 saturated heterocycles. The zero-order valence-electron chi connectivity index (χ0n) is 7.77. The van der Waals surface area contributed by atoms with Crippen molar-refractivity contribution in [2.24, 2.45) is 5.84 Å². The summed E-state index contributed by atoms with van der Waals surface area (Å²) in [4.78, 5) is 0. The molecule has 0 spiro atoms. The fourth-order valence-electron chi connectivity index (χ4n) is 0.932. The maximum atomic E-state index is 5.74. The maximum absolute atomic E-state index is 5.74. The average molecular weight is 176 g/mol. The van der Waals surface area contributed by atoms with Gasteiger partial charge in [-0.05, 0) is 25.7 Å². The molecule has 3 heteroatoms. The van der Waals surface area contributed by atoms with E-state index in [0.29, 0.717) is 0 Å². The topological polar surface area (TPSA) is 29.3 Å². The lowest BCUT2D eigenvalue weighted by atomic mass is 10.3. The predicted octanol–water partition coefficient (Wildman–Crippen LogP) is 1.66. The molecule has 2 N–H and O–H groups in total. The smallest absolute Gasteiger partial charge is 0.0131 e. The second-order valence-electron chi connectivity index (χ2n) is 2.85. The minimum Gasteiger partial charge on any atom is -0.269 e. The van der Waals surface area contributed by atoms with E-state index in [0.717, 1.165) is 21.7 Å². The van der Waals surface area contributed by atoms with Crippen LogP contribution >= 0.6 is 8.58 Å². The van der Waals surface area contributed by atoms with Crippen molar-refractivity contribution in [3.05, 3.63) is 0 Å². The lowest BCUT2D eigenvalue weighted by Gasteiger charge is -2.14. The van der Waals surface area contributed by atoms with Crippen LogP contribution in [-0.4, -0.2) is 30.9 Å². The van der Waals surface area contributed by atoms with Gasteiger partial charge in [0.25, 0.3) is 0 Å². The third kappa shape index (κ3) is 8.25. The Kier molecular flexibility index (Phi) is 8.72. The third-order valence-corrected chi connectivity index (χ3v) is 2.52. The van der Waals surface area contributed by atoms with Crippen LogP contribution in [0.25, 0.3) is 0 Å². The van der Waals surface area contributed by atoms with Crippen molar-refractivity contribution in [2.75, 3.05) is 25.9 Å². The van der Waals surface area contributed by atoms with Crippen LogP contribution in [-0.2, 0) is 0 Å². The first-order valence-corrected chi connectivity index (χ1v) is 6.16. The van der Waals surface area contributed by atoms with E-state index in [1.807, 2.05) is 5.01 Å². The number of nitrogens with two attached hydrogens (primary N) is 1. The molecule has 0 bridgehead atoms. The van der Waals surface area contributed by atoms with Crippen molar-refractivity contribution in [1.29, 1.82) is 0 Å². The molecule has 0 aromatic heterocycles. The quantitative estimate of drug-likeness (QED) is 0.277. The summed E-state index contributed by atoms with van der Waals surface area (Å²) in [6, 6.07) is 0. The van der Waals surface area contributed by atoms with Gasteiger partial charge in [-0.15, -0.1) is 8.58 Å². The number of hydrogen-bond acceptors (Lipinski definition) is 2. The van der Waals surface area contributed by atoms with Gasteiger partial charge in [0.2, 0.25) is 0 Å². The fraction of sp³-hybridized carbons (Fsp3) is 1.00. The van der Waals surface area contributed by atoms with Gasteiger partial charge in [-0.2, -0.15) is 0 Å². The van der Waals surface area contributed by atoms with Gasteiger partial charge in [0.05, 0.1) is 0 Å². The summed E-state index contributed by atoms with van der Waals surface area (Å²) < 4.78 is 0. The number of nitrogens with zero attached hydrogens (tertiary/aromatic N) is 1. The summed E-state index contributed by atoms with van der Waals surface area (Å²) in [5, 5.41) is 1.95. The van der Waals surface area contributed by atoms with Crippen molar-refractivity contribution in [2.45, 2.75) is 26.2 Å². The van der Waals surface area contributed by atoms with E-state index in [9.17, 15) is 0 Å². The summed E-state index contributed by atoms with van der Waals surface area (Å²) in [5.41, 5.74) is 0. The van der Waals surface area contributed by atoms with Gasteiger partial charge in [0, 0.05) is 13.1 Å². The Morgan fingerprint density at radius 1 is 1.27 bits per heavy atom. The van der Waals surface area contributed by atoms with Crippen LogP contribution in [0.15, 0.2) is 0 Å². The molecule has 11 heavy (non-hydrogen) atoms. The van der Waals surface area contributed by atoms with Crippen molar-refractivity contribution >= 4 is 8.58 Å². The lowest BCUT2D eigenvalue weighted by molar-refractivity contribution is 0.280. The first-order valence-electron chi connectivity index (χ1n) is 4.45. The largest absolute Gasteiger partial charge is 0.269 e. The standard InChI is InChI=1S/C8H21N2P/c1-3-4-6-10(9)7-5-8-11-2/h11H,3-9H2,1-2H3. The molecule has 0 radical (unpaired) electrons. The van der Waals surface area contributed by atoms with Gasteiger partial charge in [-0.1, -0.05) is 13.3 Å². The minimum atomic E-state index is 1.06. The number of hydrogen-bond donors (Lipinski definition) is 1. The highest BCUT2D eigenvalue weighted by Gasteiger charge is 1.95. The van der Waals surface area contributed by atoms with E-state index in [1.54, 1.807) is 0 Å². The van der Waals surface area contributed by atoms with Crippen molar-refractivity contribution in [3.63, 3.8) is 0 Å². The molecule has 2 nitrogen and oxygen atoms in total. The first kappa shape index (κ1) is 11.4. The Morgan fingerprint density at radius 3 is 2.45 bits per heavy atom. The zero-order valence-corrected chi connectivity index (χ0v) is 8.77. The molecule has 0 heterocycles. The van der Waals surface area contributed by atoms with E-state index < -0.39 is 0 Å². The molecule has 0 aliphatic carbocycles. The van der Waals surface area contributed by atoms with E-state index in [2.05, 4.69) is 13.6 Å². The molecule has 0 saturated carbocycles. The normalized spacial score (nSPS) is 12.0. The monoisotopic (exact) mass is 176 g/mol. The van der Waals surface area contributed by atoms with Gasteiger partial charge in [-0.3, -0.25) is 5.84 Å². The summed E-state index contributed by atoms with van der Waals surface area (Å²) >= 11 is 0. The molecule has 0 aromatic rings. The summed E-state index contributed by atoms with van der Waals surface area (Å²) in [6.07, 6.45) is 5.06. The second kappa shape index (κ2) is 8.45. The van der Waals surface area contributed by atoms with Crippen LogP contribution in [0.4, 0.5) is 0 Å². The van der Waals surface area contributed by atoms with Crippen LogP contribution in [0, 0.1) is 0 Å². The first-order chi connectivity index (χ1) is 5.31. The molecule has 0 aliphatic heterocycles. The van der Waals surface area contributed by atoms with E-state index in [-0.39, 0.29) is 0 Å². The van der Waals surface area contributed by atoms with Crippen molar-refractivity contribution in [1.82, 2.24) is 5.01 Å². The Morgan fingerprint density at radius 2 is 1.91 bits per heavy atom. The van der Waals surface area contributed by atoms with Gasteiger partial charge in [0.1, 0.15) is 0 Å². The molecule has 0 amide bonds. The van der Waals surface area contributed by atoms with Gasteiger partial charge >= 0.3 is 0 Å². The maximum Gasteiger partial charge on any atom is 0.0131 e. The minimum absolute atomic E-state index is 1.06. The van der Waals surface area contributed by atoms with Crippen LogP contribution < -0.4 is 5.84 Å². The third-order valence-electron chi connectivity index (χ3n) is 1.67. The Hall–Kier alpha value is 0.350. The molecular weight excluding hydrogens is 155 g/mol. The molecule has 0 rings (SSSR count). The Bertz CT molecular complexity index is 78.5. The molecular formula is C8H21N2P. The number of hydrazine groups is 1. The van der Waals surface area contributed by atoms with Gasteiger partial charge in [0.15, 0.2) is 0 Å². The van der Waals surface area contributed by atoms with Crippen LogP contribution in [0.2, 0.25) is 0 Å². The molecule has 0 aromatic carbocycles. The number of rotatable bonds is 7. The molecule has 1 unspecified atom stereocenters. The van der Waals surface area contributed by atoms with Gasteiger partial charge in [-0.25, -0.2) is 5.01 Å². The second-order valence-corrected chi connectivity index (χ2v) is 4.05. The van der Waals surface area contributed by atoms with E-state index in [1.165, 1.54) is 25.4 Å². The van der Waals surface area contributed by atoms with Gasteiger partial charge < -0.3 is 0 Å². The highest BCUT2D eigenvalue weighted by atomic mass is 31.1. The molecule has 1 atom stereocenters. The van der Waals surface area contributed by atoms with Crippen molar-refractivity contribution < 1.29 is 0 Å². The Labute approximate surface area is 72.3 Å². The van der Waals surface area contributed by atoms with Crippen LogP contribution in [0.1, 0.15) is 26.2 Å². The zero-order chi connectivity index (χ0) is 8.53. The molecule has 0 aliphatic rings. The van der Waals surface area contributed by atoms with Crippen LogP contribution in [0.3, 0.4) is 0 Å². The fourth-order valence-corrected chi connectivity index (χ4v) is 1.44. The molecule has 0 fully saturated rings. The summed E-state index contributed by atoms with van der Waals surface area (Å²) in [5.74, 6) is 5.74. The Balaban J connectivity index is 3.02. The molecule has 68 valence electrons.